The Hall–Kier alpha value is -2.47. The van der Waals surface area contributed by atoms with Crippen LogP contribution in [0.4, 0.5) is 10.5 Å². The number of hydrogen-bond acceptors (Lipinski definition) is 4. The normalized spacial score (nSPS) is 11.4. The fourth-order valence-corrected chi connectivity index (χ4v) is 2.72. The topological polar surface area (TPSA) is 64.1 Å². The third-order valence-corrected chi connectivity index (χ3v) is 3.83. The summed E-state index contributed by atoms with van der Waals surface area (Å²) in [5.41, 5.74) is 2.23. The Kier molecular flexibility index (Phi) is 4.72. The zero-order valence-electron chi connectivity index (χ0n) is 14.2. The summed E-state index contributed by atoms with van der Waals surface area (Å²) in [6.07, 6.45) is 1.20. The summed E-state index contributed by atoms with van der Waals surface area (Å²) < 4.78 is 6.27. The summed E-state index contributed by atoms with van der Waals surface area (Å²) in [6, 6.07) is 13.2. The molecule has 3 aromatic rings. The molecule has 2 heterocycles. The molecule has 25 heavy (non-hydrogen) atoms. The van der Waals surface area contributed by atoms with Crippen LogP contribution >= 0.6 is 15.9 Å². The van der Waals surface area contributed by atoms with E-state index in [1.165, 1.54) is 0 Å². The maximum absolute atomic E-state index is 12.2. The van der Waals surface area contributed by atoms with Gasteiger partial charge in [0.15, 0.2) is 0 Å². The Morgan fingerprint density at radius 1 is 1.12 bits per heavy atom. The van der Waals surface area contributed by atoms with Crippen LogP contribution in [0, 0.1) is 0 Å². The summed E-state index contributed by atoms with van der Waals surface area (Å²) in [5, 5.41) is 3.65. The molecule has 0 saturated heterocycles. The molecule has 0 atom stereocenters. The van der Waals surface area contributed by atoms with Crippen LogP contribution in [-0.2, 0) is 4.74 Å². The van der Waals surface area contributed by atoms with E-state index < -0.39 is 11.7 Å². The minimum atomic E-state index is -0.572. The van der Waals surface area contributed by atoms with Crippen LogP contribution in [0.1, 0.15) is 20.8 Å². The number of aromatic nitrogens is 2. The number of anilines is 1. The number of amides is 1. The summed E-state index contributed by atoms with van der Waals surface area (Å²) in [5.74, 6) is 0. The van der Waals surface area contributed by atoms with Crippen molar-refractivity contribution >= 4 is 38.6 Å². The van der Waals surface area contributed by atoms with Crippen molar-refractivity contribution in [1.29, 1.82) is 0 Å². The van der Waals surface area contributed by atoms with Crippen LogP contribution in [-0.4, -0.2) is 21.7 Å². The Balaban J connectivity index is 2.08. The number of carbonyl (C=O) groups excluding carboxylic acids is 1. The van der Waals surface area contributed by atoms with Crippen molar-refractivity contribution in [3.8, 4) is 11.4 Å². The largest absolute Gasteiger partial charge is 0.444 e. The lowest BCUT2D eigenvalue weighted by atomic mass is 10.1. The smallest absolute Gasteiger partial charge is 0.412 e. The molecule has 1 amide bonds. The molecule has 1 aromatic carbocycles. The third kappa shape index (κ3) is 4.33. The van der Waals surface area contributed by atoms with Crippen molar-refractivity contribution in [3.05, 3.63) is 53.1 Å². The molecule has 0 aliphatic rings. The van der Waals surface area contributed by atoms with Gasteiger partial charge >= 0.3 is 6.09 Å². The van der Waals surface area contributed by atoms with Gasteiger partial charge in [0.25, 0.3) is 0 Å². The molecule has 2 aromatic heterocycles. The quantitative estimate of drug-likeness (QED) is 0.625. The van der Waals surface area contributed by atoms with Crippen LogP contribution in [0.2, 0.25) is 0 Å². The van der Waals surface area contributed by atoms with E-state index in [2.05, 4.69) is 31.2 Å². The average Bonchev–Trinajstić information content (AvgIpc) is 2.54. The van der Waals surface area contributed by atoms with E-state index in [0.29, 0.717) is 11.4 Å². The van der Waals surface area contributed by atoms with Gasteiger partial charge in [0.05, 0.1) is 22.6 Å². The van der Waals surface area contributed by atoms with E-state index in [0.717, 1.165) is 21.1 Å². The van der Waals surface area contributed by atoms with Crippen molar-refractivity contribution in [2.75, 3.05) is 5.32 Å². The first-order valence-electron chi connectivity index (χ1n) is 7.83. The van der Waals surface area contributed by atoms with E-state index >= 15 is 0 Å². The minimum Gasteiger partial charge on any atom is -0.444 e. The summed E-state index contributed by atoms with van der Waals surface area (Å²) in [7, 11) is 0. The predicted molar refractivity (Wildman–Crippen MR) is 103 cm³/mol. The van der Waals surface area contributed by atoms with E-state index in [4.69, 9.17) is 4.74 Å². The van der Waals surface area contributed by atoms with Gasteiger partial charge in [0.1, 0.15) is 5.60 Å². The number of fused-ring (bicyclic) bond motifs is 1. The minimum absolute atomic E-state index is 0.507. The molecule has 0 spiro atoms. The molecule has 0 bridgehead atoms. The number of rotatable bonds is 2. The lowest BCUT2D eigenvalue weighted by Crippen LogP contribution is -2.27. The average molecular weight is 400 g/mol. The number of ether oxygens (including phenoxy) is 1. The van der Waals surface area contributed by atoms with Gasteiger partial charge in [-0.25, -0.2) is 9.78 Å². The van der Waals surface area contributed by atoms with Crippen LogP contribution in [0.5, 0.6) is 0 Å². The third-order valence-electron chi connectivity index (χ3n) is 3.33. The van der Waals surface area contributed by atoms with E-state index in [-0.39, 0.29) is 0 Å². The fourth-order valence-electron chi connectivity index (χ4n) is 2.36. The maximum Gasteiger partial charge on any atom is 0.412 e. The number of halogens is 1. The van der Waals surface area contributed by atoms with Gasteiger partial charge in [0, 0.05) is 16.1 Å². The SMILES string of the molecule is CC(C)(C)OC(=O)Nc1cc(-c2ccccn2)nc2ccc(Br)cc12. The lowest BCUT2D eigenvalue weighted by molar-refractivity contribution is 0.0636. The molecule has 0 fully saturated rings. The maximum atomic E-state index is 12.2. The molecular formula is C19H18BrN3O2. The molecule has 0 radical (unpaired) electrons. The summed E-state index contributed by atoms with van der Waals surface area (Å²) >= 11 is 3.46. The van der Waals surface area contributed by atoms with Crippen LogP contribution < -0.4 is 5.32 Å². The second-order valence-electron chi connectivity index (χ2n) is 6.56. The Bertz CT molecular complexity index is 921. The molecule has 6 heteroatoms. The van der Waals surface area contributed by atoms with Gasteiger partial charge in [-0.1, -0.05) is 22.0 Å². The highest BCUT2D eigenvalue weighted by Crippen LogP contribution is 2.30. The van der Waals surface area contributed by atoms with Gasteiger partial charge in [-0.15, -0.1) is 0 Å². The number of nitrogens with one attached hydrogen (secondary N) is 1. The molecule has 0 saturated carbocycles. The number of hydrogen-bond donors (Lipinski definition) is 1. The zero-order valence-corrected chi connectivity index (χ0v) is 15.8. The Labute approximate surface area is 154 Å². The molecule has 128 valence electrons. The Morgan fingerprint density at radius 2 is 1.92 bits per heavy atom. The number of benzene rings is 1. The van der Waals surface area contributed by atoms with Gasteiger partial charge in [0.2, 0.25) is 0 Å². The van der Waals surface area contributed by atoms with Gasteiger partial charge in [-0.2, -0.15) is 0 Å². The van der Waals surface area contributed by atoms with Crippen molar-refractivity contribution in [2.24, 2.45) is 0 Å². The second kappa shape index (κ2) is 6.80. The van der Waals surface area contributed by atoms with Crippen molar-refractivity contribution < 1.29 is 9.53 Å². The number of nitrogens with zero attached hydrogens (tertiary/aromatic N) is 2. The Morgan fingerprint density at radius 3 is 2.60 bits per heavy atom. The van der Waals surface area contributed by atoms with Crippen molar-refractivity contribution in [1.82, 2.24) is 9.97 Å². The van der Waals surface area contributed by atoms with Crippen molar-refractivity contribution in [2.45, 2.75) is 26.4 Å². The first-order valence-corrected chi connectivity index (χ1v) is 8.63. The fraction of sp³-hybridized carbons (Fsp3) is 0.211. The standard InChI is InChI=1S/C19H18BrN3O2/c1-19(2,3)25-18(24)23-16-11-17(15-6-4-5-9-21-15)22-14-8-7-12(20)10-13(14)16/h4-11H,1-3H3,(H,22,23,24). The highest BCUT2D eigenvalue weighted by atomic mass is 79.9. The number of pyridine rings is 2. The summed E-state index contributed by atoms with van der Waals surface area (Å²) in [4.78, 5) is 21.2. The molecule has 5 nitrogen and oxygen atoms in total. The monoisotopic (exact) mass is 399 g/mol. The number of carbonyl (C=O) groups is 1. The molecule has 0 unspecified atom stereocenters. The van der Waals surface area contributed by atoms with Crippen LogP contribution in [0.3, 0.4) is 0 Å². The molecule has 0 aliphatic carbocycles. The van der Waals surface area contributed by atoms with Crippen LogP contribution in [0.25, 0.3) is 22.3 Å². The van der Waals surface area contributed by atoms with Crippen molar-refractivity contribution in [3.63, 3.8) is 0 Å². The molecule has 3 rings (SSSR count). The van der Waals surface area contributed by atoms with Crippen LogP contribution in [0.15, 0.2) is 53.1 Å². The van der Waals surface area contributed by atoms with E-state index in [1.54, 1.807) is 12.3 Å². The molecule has 0 aliphatic heterocycles. The second-order valence-corrected chi connectivity index (χ2v) is 7.47. The van der Waals surface area contributed by atoms with E-state index in [1.807, 2.05) is 57.2 Å². The van der Waals surface area contributed by atoms with Gasteiger partial charge in [-0.05, 0) is 57.2 Å². The lowest BCUT2D eigenvalue weighted by Gasteiger charge is -2.20. The molecular weight excluding hydrogens is 382 g/mol. The first kappa shape index (κ1) is 17.4. The highest BCUT2D eigenvalue weighted by molar-refractivity contribution is 9.10. The van der Waals surface area contributed by atoms with Gasteiger partial charge in [-0.3, -0.25) is 10.3 Å². The van der Waals surface area contributed by atoms with E-state index in [9.17, 15) is 4.79 Å². The molecule has 1 N–H and O–H groups in total. The highest BCUT2D eigenvalue weighted by Gasteiger charge is 2.18. The first-order chi connectivity index (χ1) is 11.8. The van der Waals surface area contributed by atoms with Gasteiger partial charge < -0.3 is 4.74 Å². The summed E-state index contributed by atoms with van der Waals surface area (Å²) in [6.45, 7) is 5.48. The zero-order chi connectivity index (χ0) is 18.0. The predicted octanol–water partition coefficient (Wildman–Crippen LogP) is 5.41.